The maximum absolute atomic E-state index is 11.6. The number of aryl methyl sites for hydroxylation is 3. The molecule has 0 aromatic carbocycles. The molecular weight excluding hydrogens is 234 g/mol. The third kappa shape index (κ3) is 2.13. The number of hydrogen-bond donors (Lipinski definition) is 0. The molecule has 0 N–H and O–H groups in total. The third-order valence-electron chi connectivity index (χ3n) is 2.51. The Labute approximate surface area is 105 Å². The number of oxazole rings is 1. The van der Waals surface area contributed by atoms with Crippen LogP contribution in [0.2, 0.25) is 0 Å². The van der Waals surface area contributed by atoms with Gasteiger partial charge in [0, 0.05) is 13.2 Å². The van der Waals surface area contributed by atoms with Crippen molar-refractivity contribution in [2.24, 2.45) is 7.05 Å². The first-order valence-corrected chi connectivity index (χ1v) is 5.68. The lowest BCUT2D eigenvalue weighted by atomic mass is 10.3. The average Bonchev–Trinajstić information content (AvgIpc) is 2.82. The minimum atomic E-state index is -0.466. The van der Waals surface area contributed by atoms with Gasteiger partial charge in [0.05, 0.1) is 17.9 Å². The molecule has 0 spiro atoms. The van der Waals surface area contributed by atoms with E-state index < -0.39 is 5.97 Å². The summed E-state index contributed by atoms with van der Waals surface area (Å²) < 4.78 is 12.1. The molecule has 0 fully saturated rings. The highest BCUT2D eigenvalue weighted by molar-refractivity contribution is 5.88. The van der Waals surface area contributed by atoms with Crippen LogP contribution < -0.4 is 0 Å². The van der Waals surface area contributed by atoms with Gasteiger partial charge >= 0.3 is 5.97 Å². The van der Waals surface area contributed by atoms with Crippen molar-refractivity contribution >= 4 is 5.97 Å². The summed E-state index contributed by atoms with van der Waals surface area (Å²) in [5.41, 5.74) is 1.79. The molecule has 0 unspecified atom stereocenters. The minimum Gasteiger partial charge on any atom is -0.461 e. The zero-order chi connectivity index (χ0) is 13.3. The number of esters is 1. The number of carbonyl (C=O) groups excluding carboxylic acids is 1. The van der Waals surface area contributed by atoms with Crippen LogP contribution in [0.25, 0.3) is 11.5 Å². The van der Waals surface area contributed by atoms with Crippen molar-refractivity contribution in [3.05, 3.63) is 23.3 Å². The van der Waals surface area contributed by atoms with E-state index in [9.17, 15) is 4.79 Å². The number of nitrogens with zero attached hydrogens (tertiary/aromatic N) is 3. The van der Waals surface area contributed by atoms with Crippen LogP contribution in [0.3, 0.4) is 0 Å². The second-order valence-corrected chi connectivity index (χ2v) is 3.95. The molecule has 2 aromatic rings. The number of rotatable bonds is 3. The number of carbonyl (C=O) groups is 1. The highest BCUT2D eigenvalue weighted by atomic mass is 16.5. The largest absolute Gasteiger partial charge is 0.461 e. The lowest BCUT2D eigenvalue weighted by Gasteiger charge is -1.96. The fourth-order valence-electron chi connectivity index (χ4n) is 1.71. The predicted octanol–water partition coefficient (Wildman–Crippen LogP) is 1.87. The molecule has 0 saturated heterocycles. The lowest BCUT2D eigenvalue weighted by Crippen LogP contribution is -2.06. The molecule has 0 radical (unpaired) electrons. The fourth-order valence-corrected chi connectivity index (χ4v) is 1.71. The zero-order valence-corrected chi connectivity index (χ0v) is 10.9. The van der Waals surface area contributed by atoms with Gasteiger partial charge in [-0.1, -0.05) is 0 Å². The molecule has 0 bridgehead atoms. The SMILES string of the molecule is CCOC(=O)c1nc(-c2cn(C)nc2C)oc1C. The quantitative estimate of drug-likeness (QED) is 0.776. The Morgan fingerprint density at radius 2 is 2.22 bits per heavy atom. The van der Waals surface area contributed by atoms with Gasteiger partial charge in [-0.15, -0.1) is 0 Å². The molecule has 18 heavy (non-hydrogen) atoms. The zero-order valence-electron chi connectivity index (χ0n) is 10.9. The van der Waals surface area contributed by atoms with Gasteiger partial charge in [0.2, 0.25) is 5.89 Å². The minimum absolute atomic E-state index is 0.218. The molecule has 0 amide bonds. The summed E-state index contributed by atoms with van der Waals surface area (Å²) in [5.74, 6) is 0.374. The smallest absolute Gasteiger partial charge is 0.360 e. The van der Waals surface area contributed by atoms with Gasteiger partial charge in [-0.25, -0.2) is 9.78 Å². The Kier molecular flexibility index (Phi) is 3.18. The van der Waals surface area contributed by atoms with Crippen molar-refractivity contribution in [1.82, 2.24) is 14.8 Å². The van der Waals surface area contributed by atoms with Crippen molar-refractivity contribution < 1.29 is 13.9 Å². The van der Waals surface area contributed by atoms with Gasteiger partial charge in [0.15, 0.2) is 5.69 Å². The maximum Gasteiger partial charge on any atom is 0.360 e. The number of hydrogen-bond acceptors (Lipinski definition) is 5. The van der Waals surface area contributed by atoms with E-state index in [4.69, 9.17) is 9.15 Å². The van der Waals surface area contributed by atoms with Crippen LogP contribution in [-0.4, -0.2) is 27.3 Å². The first-order valence-electron chi connectivity index (χ1n) is 5.68. The van der Waals surface area contributed by atoms with Crippen LogP contribution in [0, 0.1) is 13.8 Å². The van der Waals surface area contributed by atoms with Crippen LogP contribution in [-0.2, 0) is 11.8 Å². The Balaban J connectivity index is 2.40. The Bertz CT molecular complexity index is 583. The molecule has 0 aliphatic heterocycles. The van der Waals surface area contributed by atoms with Crippen molar-refractivity contribution in [3.8, 4) is 11.5 Å². The standard InChI is InChI=1S/C12H15N3O3/c1-5-17-12(16)10-8(3)18-11(13-10)9-6-15(4)14-7(9)2/h6H,5H2,1-4H3. The average molecular weight is 249 g/mol. The molecule has 0 saturated carbocycles. The molecule has 2 heterocycles. The van der Waals surface area contributed by atoms with Crippen molar-refractivity contribution in [1.29, 1.82) is 0 Å². The Morgan fingerprint density at radius 3 is 2.78 bits per heavy atom. The van der Waals surface area contributed by atoms with E-state index in [2.05, 4.69) is 10.1 Å². The summed E-state index contributed by atoms with van der Waals surface area (Å²) in [6.45, 7) is 5.61. The Hall–Kier alpha value is -2.11. The lowest BCUT2D eigenvalue weighted by molar-refractivity contribution is 0.0518. The van der Waals surface area contributed by atoms with Crippen LogP contribution >= 0.6 is 0 Å². The van der Waals surface area contributed by atoms with Gasteiger partial charge in [-0.3, -0.25) is 4.68 Å². The summed E-state index contributed by atoms with van der Waals surface area (Å²) in [6.07, 6.45) is 1.80. The van der Waals surface area contributed by atoms with Crippen LogP contribution in [0.5, 0.6) is 0 Å². The second kappa shape index (κ2) is 4.64. The second-order valence-electron chi connectivity index (χ2n) is 3.95. The van der Waals surface area contributed by atoms with Crippen LogP contribution in [0.1, 0.15) is 28.9 Å². The maximum atomic E-state index is 11.6. The topological polar surface area (TPSA) is 70.2 Å². The van der Waals surface area contributed by atoms with Gasteiger partial charge in [-0.2, -0.15) is 5.10 Å². The Morgan fingerprint density at radius 1 is 1.50 bits per heavy atom. The molecular formula is C12H15N3O3. The molecule has 96 valence electrons. The van der Waals surface area contributed by atoms with Gasteiger partial charge in [0.1, 0.15) is 5.76 Å². The number of ether oxygens (including phenoxy) is 1. The molecule has 6 heteroatoms. The fraction of sp³-hybridized carbons (Fsp3) is 0.417. The monoisotopic (exact) mass is 249 g/mol. The van der Waals surface area contributed by atoms with E-state index in [-0.39, 0.29) is 5.69 Å². The highest BCUT2D eigenvalue weighted by Crippen LogP contribution is 2.24. The van der Waals surface area contributed by atoms with E-state index in [1.165, 1.54) is 0 Å². The molecule has 0 aliphatic rings. The summed E-state index contributed by atoms with van der Waals surface area (Å²) in [5, 5.41) is 4.21. The van der Waals surface area contributed by atoms with Gasteiger partial charge in [-0.05, 0) is 20.8 Å². The first kappa shape index (κ1) is 12.3. The van der Waals surface area contributed by atoms with Gasteiger partial charge < -0.3 is 9.15 Å². The third-order valence-corrected chi connectivity index (χ3v) is 2.51. The molecule has 6 nitrogen and oxygen atoms in total. The van der Waals surface area contributed by atoms with Crippen molar-refractivity contribution in [2.75, 3.05) is 6.61 Å². The predicted molar refractivity (Wildman–Crippen MR) is 64.1 cm³/mol. The highest BCUT2D eigenvalue weighted by Gasteiger charge is 2.20. The van der Waals surface area contributed by atoms with E-state index >= 15 is 0 Å². The van der Waals surface area contributed by atoms with Crippen molar-refractivity contribution in [3.63, 3.8) is 0 Å². The van der Waals surface area contributed by atoms with E-state index in [1.807, 2.05) is 14.0 Å². The van der Waals surface area contributed by atoms with Gasteiger partial charge in [0.25, 0.3) is 0 Å². The molecule has 2 rings (SSSR count). The molecule has 2 aromatic heterocycles. The van der Waals surface area contributed by atoms with Crippen molar-refractivity contribution in [2.45, 2.75) is 20.8 Å². The van der Waals surface area contributed by atoms with E-state index in [0.29, 0.717) is 18.3 Å². The van der Waals surface area contributed by atoms with E-state index in [0.717, 1.165) is 11.3 Å². The van der Waals surface area contributed by atoms with Crippen LogP contribution in [0.15, 0.2) is 10.6 Å². The van der Waals surface area contributed by atoms with E-state index in [1.54, 1.807) is 24.7 Å². The molecule has 0 atom stereocenters. The summed E-state index contributed by atoms with van der Waals surface area (Å²) in [7, 11) is 1.82. The summed E-state index contributed by atoms with van der Waals surface area (Å²) >= 11 is 0. The number of aromatic nitrogens is 3. The molecule has 0 aliphatic carbocycles. The first-order chi connectivity index (χ1) is 8.52. The normalized spacial score (nSPS) is 10.7. The van der Waals surface area contributed by atoms with Crippen LogP contribution in [0.4, 0.5) is 0 Å². The summed E-state index contributed by atoms with van der Waals surface area (Å²) in [4.78, 5) is 15.8. The summed E-state index contributed by atoms with van der Waals surface area (Å²) in [6, 6.07) is 0.